The average molecular weight is 373 g/mol. The largest absolute Gasteiger partial charge is 0.479 e. The molecular weight excluding hydrogens is 346 g/mol. The van der Waals surface area contributed by atoms with Crippen LogP contribution >= 0.6 is 0 Å². The van der Waals surface area contributed by atoms with Gasteiger partial charge in [0.2, 0.25) is 0 Å². The molecule has 0 spiro atoms. The lowest BCUT2D eigenvalue weighted by atomic mass is 9.90. The third-order valence-electron chi connectivity index (χ3n) is 4.83. The maximum absolute atomic E-state index is 5.54. The van der Waals surface area contributed by atoms with Crippen molar-refractivity contribution in [2.45, 2.75) is 64.7 Å². The quantitative estimate of drug-likeness (QED) is 0.521. The Morgan fingerprint density at radius 3 is 2.30 bits per heavy atom. The molecule has 3 aromatic heterocycles. The van der Waals surface area contributed by atoms with Crippen LogP contribution in [0.25, 0.3) is 0 Å². The minimum absolute atomic E-state index is 0.183. The van der Waals surface area contributed by atoms with E-state index >= 15 is 0 Å². The Morgan fingerprint density at radius 1 is 0.926 bits per heavy atom. The third-order valence-corrected chi connectivity index (χ3v) is 4.83. The van der Waals surface area contributed by atoms with Gasteiger partial charge in [0.1, 0.15) is 17.3 Å². The van der Waals surface area contributed by atoms with Crippen LogP contribution in [0.15, 0.2) is 31.8 Å². The Bertz CT molecular complexity index is 849. The first-order valence-corrected chi connectivity index (χ1v) is 9.35. The summed E-state index contributed by atoms with van der Waals surface area (Å²) in [7, 11) is 1.58. The molecule has 7 nitrogen and oxygen atoms in total. The molecule has 0 fully saturated rings. The molecule has 0 aliphatic carbocycles. The van der Waals surface area contributed by atoms with Gasteiger partial charge in [0.15, 0.2) is 0 Å². The first-order chi connectivity index (χ1) is 13.0. The normalized spacial score (nSPS) is 13.9. The molecule has 0 radical (unpaired) electrons. The van der Waals surface area contributed by atoms with E-state index in [9.17, 15) is 0 Å². The second kappa shape index (κ2) is 8.41. The zero-order chi connectivity index (χ0) is 19.4. The van der Waals surface area contributed by atoms with Crippen molar-refractivity contribution in [3.05, 3.63) is 46.9 Å². The molecular formula is C20H27N3O4. The van der Waals surface area contributed by atoms with E-state index in [2.05, 4.69) is 36.2 Å². The van der Waals surface area contributed by atoms with Crippen LogP contribution in [-0.4, -0.2) is 22.6 Å². The molecule has 2 unspecified atom stereocenters. The summed E-state index contributed by atoms with van der Waals surface area (Å²) in [5.74, 6) is 3.76. The van der Waals surface area contributed by atoms with Crippen molar-refractivity contribution in [2.75, 3.05) is 7.11 Å². The molecule has 146 valence electrons. The SMILES string of the molecule is COc1cc(C(C)CCC(Cc2cc(C(C)C)no2)c2cc(C)on2)on1. The fourth-order valence-electron chi connectivity index (χ4n) is 3.07. The van der Waals surface area contributed by atoms with E-state index in [-0.39, 0.29) is 11.8 Å². The molecule has 3 aromatic rings. The maximum Gasteiger partial charge on any atom is 0.254 e. The first-order valence-electron chi connectivity index (χ1n) is 9.35. The van der Waals surface area contributed by atoms with Gasteiger partial charge in [0, 0.05) is 36.5 Å². The predicted octanol–water partition coefficient (Wildman–Crippen LogP) is 5.00. The Balaban J connectivity index is 1.69. The number of rotatable bonds is 9. The van der Waals surface area contributed by atoms with Gasteiger partial charge in [0.25, 0.3) is 5.88 Å². The molecule has 0 bridgehead atoms. The van der Waals surface area contributed by atoms with Crippen LogP contribution < -0.4 is 4.74 Å². The van der Waals surface area contributed by atoms with Gasteiger partial charge >= 0.3 is 0 Å². The summed E-state index contributed by atoms with van der Waals surface area (Å²) in [4.78, 5) is 0. The standard InChI is InChI=1S/C20H27N3O4/c1-12(2)17-10-16(26-21-17)9-15(18-8-14(4)25-22-18)7-6-13(3)19-11-20(24-5)23-27-19/h8,10-13,15H,6-7,9H2,1-5H3. The number of aryl methyl sites for hydroxylation is 1. The smallest absolute Gasteiger partial charge is 0.254 e. The number of hydrogen-bond acceptors (Lipinski definition) is 7. The second-order valence-corrected chi connectivity index (χ2v) is 7.39. The van der Waals surface area contributed by atoms with Gasteiger partial charge < -0.3 is 18.3 Å². The highest BCUT2D eigenvalue weighted by Crippen LogP contribution is 2.32. The lowest BCUT2D eigenvalue weighted by Gasteiger charge is -2.14. The van der Waals surface area contributed by atoms with Crippen molar-refractivity contribution >= 4 is 0 Å². The Morgan fingerprint density at radius 2 is 1.70 bits per heavy atom. The van der Waals surface area contributed by atoms with E-state index in [4.69, 9.17) is 18.3 Å². The molecule has 0 saturated heterocycles. The van der Waals surface area contributed by atoms with Gasteiger partial charge in [-0.1, -0.05) is 31.1 Å². The summed E-state index contributed by atoms with van der Waals surface area (Å²) in [6, 6.07) is 5.87. The lowest BCUT2D eigenvalue weighted by Crippen LogP contribution is -2.05. The van der Waals surface area contributed by atoms with Crippen LogP contribution in [0.2, 0.25) is 0 Å². The topological polar surface area (TPSA) is 87.3 Å². The zero-order valence-corrected chi connectivity index (χ0v) is 16.6. The molecule has 0 aliphatic rings. The first kappa shape index (κ1) is 19.2. The molecule has 2 atom stereocenters. The summed E-state index contributed by atoms with van der Waals surface area (Å²) in [6.45, 7) is 8.24. The minimum atomic E-state index is 0.183. The van der Waals surface area contributed by atoms with Crippen molar-refractivity contribution in [1.82, 2.24) is 15.5 Å². The maximum atomic E-state index is 5.54. The molecule has 0 amide bonds. The van der Waals surface area contributed by atoms with E-state index < -0.39 is 0 Å². The van der Waals surface area contributed by atoms with Crippen LogP contribution in [0.4, 0.5) is 0 Å². The Labute approximate surface area is 159 Å². The van der Waals surface area contributed by atoms with Gasteiger partial charge in [0.05, 0.1) is 18.5 Å². The Kier molecular flexibility index (Phi) is 5.98. The molecule has 0 aromatic carbocycles. The van der Waals surface area contributed by atoms with E-state index in [1.54, 1.807) is 7.11 Å². The molecule has 0 aliphatic heterocycles. The number of hydrogen-bond donors (Lipinski definition) is 0. The lowest BCUT2D eigenvalue weighted by molar-refractivity contribution is 0.313. The van der Waals surface area contributed by atoms with Crippen LogP contribution in [0.3, 0.4) is 0 Å². The van der Waals surface area contributed by atoms with E-state index in [1.807, 2.05) is 25.1 Å². The van der Waals surface area contributed by atoms with E-state index in [0.29, 0.717) is 11.8 Å². The van der Waals surface area contributed by atoms with Crippen molar-refractivity contribution in [3.63, 3.8) is 0 Å². The van der Waals surface area contributed by atoms with Crippen LogP contribution in [0.1, 0.15) is 80.0 Å². The predicted molar refractivity (Wildman–Crippen MR) is 99.0 cm³/mol. The highest BCUT2D eigenvalue weighted by molar-refractivity contribution is 5.17. The monoisotopic (exact) mass is 373 g/mol. The van der Waals surface area contributed by atoms with E-state index in [0.717, 1.165) is 47.9 Å². The van der Waals surface area contributed by atoms with Crippen LogP contribution in [0.5, 0.6) is 5.88 Å². The van der Waals surface area contributed by atoms with Crippen molar-refractivity contribution in [2.24, 2.45) is 0 Å². The Hall–Kier alpha value is -2.57. The van der Waals surface area contributed by atoms with Gasteiger partial charge in [-0.2, -0.15) is 0 Å². The van der Waals surface area contributed by atoms with Crippen molar-refractivity contribution in [3.8, 4) is 5.88 Å². The highest BCUT2D eigenvalue weighted by Gasteiger charge is 2.22. The van der Waals surface area contributed by atoms with Crippen molar-refractivity contribution in [1.29, 1.82) is 0 Å². The second-order valence-electron chi connectivity index (χ2n) is 7.39. The highest BCUT2D eigenvalue weighted by atomic mass is 16.5. The molecule has 27 heavy (non-hydrogen) atoms. The van der Waals surface area contributed by atoms with Crippen molar-refractivity contribution < 1.29 is 18.3 Å². The summed E-state index contributed by atoms with van der Waals surface area (Å²) in [5, 5.41) is 12.3. The van der Waals surface area contributed by atoms with Gasteiger partial charge in [-0.25, -0.2) is 0 Å². The summed E-state index contributed by atoms with van der Waals surface area (Å²) in [5.41, 5.74) is 1.92. The number of nitrogens with zero attached hydrogens (tertiary/aromatic N) is 3. The van der Waals surface area contributed by atoms with Gasteiger partial charge in [-0.15, -0.1) is 0 Å². The number of ether oxygens (including phenoxy) is 1. The van der Waals surface area contributed by atoms with Crippen LogP contribution in [0, 0.1) is 6.92 Å². The number of aromatic nitrogens is 3. The molecule has 7 heteroatoms. The molecule has 0 N–H and O–H groups in total. The van der Waals surface area contributed by atoms with Crippen LogP contribution in [-0.2, 0) is 6.42 Å². The summed E-state index contributed by atoms with van der Waals surface area (Å²) < 4.78 is 21.3. The zero-order valence-electron chi connectivity index (χ0n) is 16.6. The number of methoxy groups -OCH3 is 1. The van der Waals surface area contributed by atoms with Gasteiger partial charge in [-0.3, -0.25) is 0 Å². The summed E-state index contributed by atoms with van der Waals surface area (Å²) in [6.07, 6.45) is 2.56. The molecule has 0 saturated carbocycles. The minimum Gasteiger partial charge on any atom is -0.479 e. The fourth-order valence-corrected chi connectivity index (χ4v) is 3.07. The average Bonchev–Trinajstić information content (AvgIpc) is 3.38. The summed E-state index contributed by atoms with van der Waals surface area (Å²) >= 11 is 0. The van der Waals surface area contributed by atoms with E-state index in [1.165, 1.54) is 0 Å². The molecule has 3 heterocycles. The molecule has 3 rings (SSSR count). The third kappa shape index (κ3) is 4.78. The fraction of sp³-hybridized carbons (Fsp3) is 0.550. The van der Waals surface area contributed by atoms with Gasteiger partial charge in [-0.05, 0) is 30.8 Å².